The molecule has 1 saturated heterocycles. The zero-order valence-corrected chi connectivity index (χ0v) is 12.2. The van der Waals surface area contributed by atoms with Gasteiger partial charge >= 0.3 is 6.03 Å². The molecule has 6 heteroatoms. The maximum atomic E-state index is 12.3. The van der Waals surface area contributed by atoms with Crippen molar-refractivity contribution in [2.24, 2.45) is 5.73 Å². The van der Waals surface area contributed by atoms with E-state index in [1.165, 1.54) is 0 Å². The molecule has 2 rings (SSSR count). The van der Waals surface area contributed by atoms with Crippen molar-refractivity contribution in [1.29, 1.82) is 0 Å². The van der Waals surface area contributed by atoms with E-state index in [0.717, 1.165) is 31.4 Å². The topological polar surface area (TPSA) is 96.2 Å². The molecule has 0 spiro atoms. The van der Waals surface area contributed by atoms with Crippen LogP contribution in [0.3, 0.4) is 0 Å². The van der Waals surface area contributed by atoms with Crippen LogP contribution in [0, 0.1) is 0 Å². The van der Waals surface area contributed by atoms with Crippen LogP contribution < -0.4 is 21.7 Å². The van der Waals surface area contributed by atoms with Gasteiger partial charge in [0.15, 0.2) is 0 Å². The molecular formula is C15H22N4O2. The van der Waals surface area contributed by atoms with E-state index in [2.05, 4.69) is 16.0 Å². The first kappa shape index (κ1) is 15.3. The molecule has 5 N–H and O–H groups in total. The fraction of sp³-hybridized carbons (Fsp3) is 0.467. The molecule has 0 aliphatic carbocycles. The summed E-state index contributed by atoms with van der Waals surface area (Å²) in [7, 11) is 0. The van der Waals surface area contributed by atoms with Gasteiger partial charge in [-0.05, 0) is 50.4 Å². The van der Waals surface area contributed by atoms with Crippen molar-refractivity contribution < 1.29 is 9.59 Å². The third-order valence-electron chi connectivity index (χ3n) is 3.79. The summed E-state index contributed by atoms with van der Waals surface area (Å²) in [4.78, 5) is 23.0. The van der Waals surface area contributed by atoms with Gasteiger partial charge in [-0.3, -0.25) is 4.79 Å². The molecule has 21 heavy (non-hydrogen) atoms. The number of nitrogens with one attached hydrogen (secondary N) is 3. The minimum Gasteiger partial charge on any atom is -0.351 e. The lowest BCUT2D eigenvalue weighted by atomic mass is 9.90. The molecule has 0 saturated carbocycles. The van der Waals surface area contributed by atoms with E-state index in [-0.39, 0.29) is 5.91 Å². The summed E-state index contributed by atoms with van der Waals surface area (Å²) in [5.74, 6) is 0.0292. The molecule has 1 atom stereocenters. The van der Waals surface area contributed by atoms with Gasteiger partial charge in [-0.2, -0.15) is 0 Å². The van der Waals surface area contributed by atoms with Crippen LogP contribution in [-0.4, -0.2) is 24.0 Å². The monoisotopic (exact) mass is 290 g/mol. The van der Waals surface area contributed by atoms with Gasteiger partial charge in [-0.15, -0.1) is 0 Å². The highest BCUT2D eigenvalue weighted by Crippen LogP contribution is 2.19. The molecule has 1 heterocycles. The Hall–Kier alpha value is -2.08. The number of amides is 3. The SMILES string of the molecule is CC1(C(=O)NCc2ccc(NC(N)=O)cc2)CCCCN1. The smallest absolute Gasteiger partial charge is 0.316 e. The number of primary amides is 1. The summed E-state index contributed by atoms with van der Waals surface area (Å²) in [5.41, 5.74) is 6.19. The molecule has 0 bridgehead atoms. The van der Waals surface area contributed by atoms with Gasteiger partial charge in [0.1, 0.15) is 0 Å². The molecule has 1 fully saturated rings. The number of carbonyl (C=O) groups is 2. The standard InChI is InChI=1S/C15H22N4O2/c1-15(8-2-3-9-18-15)13(20)17-10-11-4-6-12(7-5-11)19-14(16)21/h4-7,18H,2-3,8-10H2,1H3,(H,17,20)(H3,16,19,21). The number of rotatable bonds is 4. The van der Waals surface area contributed by atoms with E-state index in [4.69, 9.17) is 5.73 Å². The Bertz CT molecular complexity index is 507. The highest BCUT2D eigenvalue weighted by molar-refractivity contribution is 5.88. The third kappa shape index (κ3) is 4.19. The lowest BCUT2D eigenvalue weighted by Gasteiger charge is -2.33. The Kier molecular flexibility index (Phi) is 4.80. The molecule has 3 amide bonds. The van der Waals surface area contributed by atoms with Crippen LogP contribution in [0.1, 0.15) is 31.7 Å². The summed E-state index contributed by atoms with van der Waals surface area (Å²) >= 11 is 0. The Balaban J connectivity index is 1.87. The van der Waals surface area contributed by atoms with Crippen molar-refractivity contribution in [2.45, 2.75) is 38.3 Å². The second-order valence-electron chi connectivity index (χ2n) is 5.58. The van der Waals surface area contributed by atoms with Crippen LogP contribution in [0.4, 0.5) is 10.5 Å². The summed E-state index contributed by atoms with van der Waals surface area (Å²) in [6.45, 7) is 3.30. The van der Waals surface area contributed by atoms with Gasteiger partial charge in [-0.1, -0.05) is 12.1 Å². The Morgan fingerprint density at radius 1 is 1.29 bits per heavy atom. The summed E-state index contributed by atoms with van der Waals surface area (Å²) in [5, 5.41) is 8.74. The van der Waals surface area contributed by atoms with Gasteiger partial charge in [0.2, 0.25) is 5.91 Å². The van der Waals surface area contributed by atoms with Crippen LogP contribution >= 0.6 is 0 Å². The van der Waals surface area contributed by atoms with Gasteiger partial charge in [0.05, 0.1) is 5.54 Å². The van der Waals surface area contributed by atoms with E-state index in [1.54, 1.807) is 12.1 Å². The average Bonchev–Trinajstić information content (AvgIpc) is 2.46. The van der Waals surface area contributed by atoms with Crippen LogP contribution in [0.5, 0.6) is 0 Å². The van der Waals surface area contributed by atoms with E-state index in [0.29, 0.717) is 12.2 Å². The molecule has 1 unspecified atom stereocenters. The van der Waals surface area contributed by atoms with Crippen molar-refractivity contribution in [2.75, 3.05) is 11.9 Å². The molecular weight excluding hydrogens is 268 g/mol. The van der Waals surface area contributed by atoms with Crippen LogP contribution in [0.15, 0.2) is 24.3 Å². The summed E-state index contributed by atoms with van der Waals surface area (Å²) in [6, 6.07) is 6.62. The van der Waals surface area contributed by atoms with Crippen molar-refractivity contribution in [3.63, 3.8) is 0 Å². The second kappa shape index (κ2) is 6.58. The Morgan fingerprint density at radius 3 is 2.57 bits per heavy atom. The molecule has 1 aliphatic heterocycles. The number of hydrogen-bond acceptors (Lipinski definition) is 3. The molecule has 0 radical (unpaired) electrons. The van der Waals surface area contributed by atoms with E-state index in [9.17, 15) is 9.59 Å². The Morgan fingerprint density at radius 2 is 2.00 bits per heavy atom. The van der Waals surface area contributed by atoms with Gasteiger partial charge in [0, 0.05) is 12.2 Å². The summed E-state index contributed by atoms with van der Waals surface area (Å²) < 4.78 is 0. The highest BCUT2D eigenvalue weighted by Gasteiger charge is 2.33. The Labute approximate surface area is 124 Å². The maximum absolute atomic E-state index is 12.3. The zero-order valence-electron chi connectivity index (χ0n) is 12.2. The normalized spacial score (nSPS) is 21.6. The van der Waals surface area contributed by atoms with E-state index in [1.807, 2.05) is 19.1 Å². The first-order valence-electron chi connectivity index (χ1n) is 7.18. The zero-order chi connectivity index (χ0) is 15.3. The quantitative estimate of drug-likeness (QED) is 0.673. The maximum Gasteiger partial charge on any atom is 0.316 e. The lowest BCUT2D eigenvalue weighted by molar-refractivity contribution is -0.128. The molecule has 0 aromatic heterocycles. The van der Waals surface area contributed by atoms with Gasteiger partial charge < -0.3 is 21.7 Å². The van der Waals surface area contributed by atoms with Crippen LogP contribution in [0.2, 0.25) is 0 Å². The fourth-order valence-corrected chi connectivity index (χ4v) is 2.48. The molecule has 1 aromatic carbocycles. The van der Waals surface area contributed by atoms with Crippen molar-refractivity contribution in [3.05, 3.63) is 29.8 Å². The third-order valence-corrected chi connectivity index (χ3v) is 3.79. The minimum absolute atomic E-state index is 0.0292. The molecule has 1 aliphatic rings. The van der Waals surface area contributed by atoms with E-state index < -0.39 is 11.6 Å². The number of benzene rings is 1. The first-order valence-corrected chi connectivity index (χ1v) is 7.18. The van der Waals surface area contributed by atoms with Crippen molar-refractivity contribution in [3.8, 4) is 0 Å². The number of urea groups is 1. The molecule has 6 nitrogen and oxygen atoms in total. The minimum atomic E-state index is -0.590. The summed E-state index contributed by atoms with van der Waals surface area (Å²) in [6.07, 6.45) is 3.06. The molecule has 1 aromatic rings. The van der Waals surface area contributed by atoms with Crippen molar-refractivity contribution >= 4 is 17.6 Å². The van der Waals surface area contributed by atoms with Gasteiger partial charge in [0.25, 0.3) is 0 Å². The number of anilines is 1. The fourth-order valence-electron chi connectivity index (χ4n) is 2.48. The van der Waals surface area contributed by atoms with Crippen LogP contribution in [-0.2, 0) is 11.3 Å². The van der Waals surface area contributed by atoms with E-state index >= 15 is 0 Å². The van der Waals surface area contributed by atoms with Crippen LogP contribution in [0.25, 0.3) is 0 Å². The number of carbonyl (C=O) groups excluding carboxylic acids is 2. The van der Waals surface area contributed by atoms with Gasteiger partial charge in [-0.25, -0.2) is 4.79 Å². The average molecular weight is 290 g/mol. The largest absolute Gasteiger partial charge is 0.351 e. The predicted molar refractivity (Wildman–Crippen MR) is 81.8 cm³/mol. The van der Waals surface area contributed by atoms with Crippen molar-refractivity contribution in [1.82, 2.24) is 10.6 Å². The number of nitrogens with two attached hydrogens (primary N) is 1. The second-order valence-corrected chi connectivity index (χ2v) is 5.58. The highest BCUT2D eigenvalue weighted by atomic mass is 16.2. The number of hydrogen-bond donors (Lipinski definition) is 4. The lowest BCUT2D eigenvalue weighted by Crippen LogP contribution is -2.56. The number of piperidine rings is 1. The molecule has 114 valence electrons. The predicted octanol–water partition coefficient (Wildman–Crippen LogP) is 1.33. The first-order chi connectivity index (χ1) is 9.99.